The highest BCUT2D eigenvalue weighted by molar-refractivity contribution is 6.01. The number of rotatable bonds is 6. The number of pyridine rings is 1. The molecule has 2 aromatic carbocycles. The van der Waals surface area contributed by atoms with E-state index in [0.717, 1.165) is 19.4 Å². The minimum Gasteiger partial charge on any atom is -0.508 e. The summed E-state index contributed by atoms with van der Waals surface area (Å²) in [6.45, 7) is 5.02. The van der Waals surface area contributed by atoms with E-state index in [0.29, 0.717) is 73.1 Å². The van der Waals surface area contributed by atoms with Crippen molar-refractivity contribution in [2.24, 2.45) is 0 Å². The van der Waals surface area contributed by atoms with E-state index < -0.39 is 23.3 Å². The lowest BCUT2D eigenvalue weighted by atomic mass is 9.94. The molecular weight excluding hydrogens is 599 g/mol. The molecule has 2 aromatic heterocycles. The number of anilines is 1. The van der Waals surface area contributed by atoms with Crippen molar-refractivity contribution in [2.75, 3.05) is 50.8 Å². The molecule has 1 unspecified atom stereocenters. The van der Waals surface area contributed by atoms with Gasteiger partial charge in [-0.3, -0.25) is 9.88 Å². The van der Waals surface area contributed by atoms with Gasteiger partial charge in [-0.2, -0.15) is 9.97 Å². The first-order valence-electron chi connectivity index (χ1n) is 15.9. The number of halogens is 3. The monoisotopic (exact) mass is 633 g/mol. The van der Waals surface area contributed by atoms with Crippen molar-refractivity contribution in [3.05, 3.63) is 47.7 Å². The number of phenolic OH excluding ortho intramolecular Hbond substituents is 1. The maximum absolute atomic E-state index is 16.8. The predicted octanol–water partition coefficient (Wildman–Crippen LogP) is 4.56. The number of urea groups is 1. The third-order valence-electron chi connectivity index (χ3n) is 10.2. The second kappa shape index (κ2) is 10.9. The van der Waals surface area contributed by atoms with Crippen LogP contribution >= 0.6 is 0 Å². The average Bonchev–Trinajstić information content (AvgIpc) is 3.71. The summed E-state index contributed by atoms with van der Waals surface area (Å²) in [5, 5.41) is 14.8. The Morgan fingerprint density at radius 1 is 1.15 bits per heavy atom. The third kappa shape index (κ3) is 4.57. The number of nitrogens with one attached hydrogen (secondary N) is 1. The minimum absolute atomic E-state index is 0.0328. The van der Waals surface area contributed by atoms with E-state index in [2.05, 4.69) is 20.2 Å². The fourth-order valence-corrected chi connectivity index (χ4v) is 7.99. The summed E-state index contributed by atoms with van der Waals surface area (Å²) in [4.78, 5) is 32.0. The topological polar surface area (TPSA) is 107 Å². The Kier molecular flexibility index (Phi) is 6.85. The van der Waals surface area contributed by atoms with Crippen LogP contribution < -0.4 is 15.0 Å². The Morgan fingerprint density at radius 3 is 2.87 bits per heavy atom. The number of carbonyl (C=O) groups excluding carboxylic acids is 1. The highest BCUT2D eigenvalue weighted by Crippen LogP contribution is 2.42. The summed E-state index contributed by atoms with van der Waals surface area (Å²) >= 11 is 0. The van der Waals surface area contributed by atoms with Gasteiger partial charge in [0.2, 0.25) is 0 Å². The van der Waals surface area contributed by atoms with Crippen LogP contribution in [0.15, 0.2) is 30.5 Å². The normalized spacial score (nSPS) is 24.6. The Hall–Kier alpha value is -4.39. The number of fused-ring (bicyclic) bond motifs is 4. The Morgan fingerprint density at radius 2 is 2.02 bits per heavy atom. The number of aromatic nitrogens is 3. The molecular formula is C33H34F3N7O3. The van der Waals surface area contributed by atoms with Gasteiger partial charge in [0.15, 0.2) is 5.82 Å². The van der Waals surface area contributed by atoms with Gasteiger partial charge in [-0.05, 0) is 60.3 Å². The van der Waals surface area contributed by atoms with Crippen LogP contribution in [-0.2, 0) is 6.42 Å². The van der Waals surface area contributed by atoms with Crippen LogP contribution in [0.25, 0.3) is 32.9 Å². The van der Waals surface area contributed by atoms with Crippen molar-refractivity contribution in [3.63, 3.8) is 0 Å². The van der Waals surface area contributed by atoms with Crippen molar-refractivity contribution in [1.29, 1.82) is 0 Å². The number of hydrogen-bond donors (Lipinski definition) is 2. The van der Waals surface area contributed by atoms with E-state index in [1.165, 1.54) is 24.4 Å². The average molecular weight is 634 g/mol. The fourth-order valence-electron chi connectivity index (χ4n) is 7.99. The molecule has 240 valence electrons. The maximum Gasteiger partial charge on any atom is 0.319 e. The van der Waals surface area contributed by atoms with Gasteiger partial charge in [-0.1, -0.05) is 13.0 Å². The molecule has 0 bridgehead atoms. The molecule has 0 radical (unpaired) electrons. The lowest BCUT2D eigenvalue weighted by molar-refractivity contribution is 0.107. The van der Waals surface area contributed by atoms with Gasteiger partial charge in [-0.25, -0.2) is 18.0 Å². The summed E-state index contributed by atoms with van der Waals surface area (Å²) < 4.78 is 52.5. The number of nitrogens with zero attached hydrogens (tertiary/aromatic N) is 6. The van der Waals surface area contributed by atoms with E-state index in [9.17, 15) is 18.7 Å². The molecule has 4 fully saturated rings. The smallest absolute Gasteiger partial charge is 0.319 e. The van der Waals surface area contributed by atoms with Crippen molar-refractivity contribution in [2.45, 2.75) is 50.4 Å². The number of alkyl halides is 1. The van der Waals surface area contributed by atoms with Gasteiger partial charge in [-0.15, -0.1) is 0 Å². The van der Waals surface area contributed by atoms with Gasteiger partial charge in [0.05, 0.1) is 17.0 Å². The second-order valence-electron chi connectivity index (χ2n) is 12.8. The molecule has 4 saturated heterocycles. The van der Waals surface area contributed by atoms with Gasteiger partial charge in [0.1, 0.15) is 41.4 Å². The Labute approximate surface area is 263 Å². The van der Waals surface area contributed by atoms with Gasteiger partial charge >= 0.3 is 12.0 Å². The van der Waals surface area contributed by atoms with E-state index in [1.807, 2.05) is 11.8 Å². The number of amides is 2. The predicted molar refractivity (Wildman–Crippen MR) is 166 cm³/mol. The molecule has 46 heavy (non-hydrogen) atoms. The number of hydrogen-bond acceptors (Lipinski definition) is 8. The van der Waals surface area contributed by atoms with Crippen molar-refractivity contribution in [3.8, 4) is 23.0 Å². The minimum atomic E-state index is -0.933. The van der Waals surface area contributed by atoms with Crippen LogP contribution in [0.1, 0.15) is 31.7 Å². The number of piperazine rings is 1. The molecule has 2 N–H and O–H groups in total. The van der Waals surface area contributed by atoms with Crippen LogP contribution in [0.3, 0.4) is 0 Å². The molecule has 4 aromatic rings. The lowest BCUT2D eigenvalue weighted by Gasteiger charge is -2.37. The second-order valence-corrected chi connectivity index (χ2v) is 12.8. The Balaban J connectivity index is 1.26. The van der Waals surface area contributed by atoms with Crippen molar-refractivity contribution in [1.82, 2.24) is 30.1 Å². The molecule has 2 amide bonds. The first-order chi connectivity index (χ1) is 22.2. The molecule has 6 heterocycles. The first-order valence-corrected chi connectivity index (χ1v) is 15.9. The SMILES string of the molecule is CCc1c(F)ccc2cc(O)cc(-c3ncc4c(N5CCN6C(=O)NCC6C5)nc(OC[C@@]56CCCN5C[C@H](F)C6)nc4c3F)c12. The number of aryl methyl sites for hydroxylation is 1. The van der Waals surface area contributed by atoms with Crippen LogP contribution in [0, 0.1) is 11.6 Å². The summed E-state index contributed by atoms with van der Waals surface area (Å²) in [5.74, 6) is -0.866. The first kappa shape index (κ1) is 29.0. The highest BCUT2D eigenvalue weighted by atomic mass is 19.1. The van der Waals surface area contributed by atoms with E-state index in [-0.39, 0.29) is 47.2 Å². The number of carbonyl (C=O) groups is 1. The van der Waals surface area contributed by atoms with E-state index >= 15 is 4.39 Å². The summed E-state index contributed by atoms with van der Waals surface area (Å²) in [5.41, 5.74) is 0.0633. The summed E-state index contributed by atoms with van der Waals surface area (Å²) in [6.07, 6.45) is 3.02. The number of aromatic hydroxyl groups is 1. The zero-order valence-corrected chi connectivity index (χ0v) is 25.4. The van der Waals surface area contributed by atoms with Crippen LogP contribution in [0.4, 0.5) is 23.8 Å². The lowest BCUT2D eigenvalue weighted by Crippen LogP contribution is -2.52. The molecule has 0 aliphatic carbocycles. The number of benzene rings is 2. The molecule has 4 aliphatic heterocycles. The zero-order valence-electron chi connectivity index (χ0n) is 25.4. The van der Waals surface area contributed by atoms with Crippen LogP contribution in [0.2, 0.25) is 0 Å². The quantitative estimate of drug-likeness (QED) is 0.319. The maximum atomic E-state index is 16.8. The highest BCUT2D eigenvalue weighted by Gasteiger charge is 2.49. The van der Waals surface area contributed by atoms with Gasteiger partial charge in [0, 0.05) is 50.9 Å². The van der Waals surface area contributed by atoms with Gasteiger partial charge in [0.25, 0.3) is 0 Å². The van der Waals surface area contributed by atoms with E-state index in [4.69, 9.17) is 9.72 Å². The molecule has 8 rings (SSSR count). The molecule has 10 nitrogen and oxygen atoms in total. The molecule has 0 saturated carbocycles. The largest absolute Gasteiger partial charge is 0.508 e. The summed E-state index contributed by atoms with van der Waals surface area (Å²) in [7, 11) is 0. The zero-order chi connectivity index (χ0) is 31.7. The molecule has 0 spiro atoms. The number of ether oxygens (including phenoxy) is 1. The third-order valence-corrected chi connectivity index (χ3v) is 10.2. The van der Waals surface area contributed by atoms with Crippen LogP contribution in [0.5, 0.6) is 11.8 Å². The van der Waals surface area contributed by atoms with Crippen LogP contribution in [-0.4, -0.2) is 99.5 Å². The Bertz CT molecular complexity index is 1890. The summed E-state index contributed by atoms with van der Waals surface area (Å²) in [6, 6.07) is 5.57. The van der Waals surface area contributed by atoms with E-state index in [1.54, 1.807) is 11.0 Å². The fraction of sp³-hybridized carbons (Fsp3) is 0.455. The standard InChI is InChI=1S/C33H34F3N7O3/c1-2-22-25(35)5-4-18-10-21(44)11-23(26(18)22)28-27(36)29-24(14-37-28)30(41-8-9-43-20(16-41)13-38-32(43)45)40-31(39-29)46-17-33-6-3-7-42(33)15-19(34)12-33/h4-5,10-11,14,19-20,44H,2-3,6-9,12-13,15-17H2,1H3,(H,38,45)/t19-,20?,33+/m1/s1. The van der Waals surface area contributed by atoms with Gasteiger partial charge < -0.3 is 25.0 Å². The number of phenols is 1. The molecule has 4 aliphatic rings. The van der Waals surface area contributed by atoms with Crippen molar-refractivity contribution >= 4 is 33.5 Å². The van der Waals surface area contributed by atoms with Crippen molar-refractivity contribution < 1.29 is 27.8 Å². The molecule has 13 heteroatoms. The molecule has 3 atom stereocenters.